The minimum absolute atomic E-state index is 0.0684. The van der Waals surface area contributed by atoms with E-state index in [-0.39, 0.29) is 35.9 Å². The van der Waals surface area contributed by atoms with E-state index in [1.54, 1.807) is 6.07 Å². The number of fused-ring (bicyclic) bond motifs is 1. The van der Waals surface area contributed by atoms with Crippen molar-refractivity contribution < 1.29 is 14.4 Å². The number of benzene rings is 1. The first-order valence-electron chi connectivity index (χ1n) is 10.5. The summed E-state index contributed by atoms with van der Waals surface area (Å²) in [6, 6.07) is 10.8. The number of carbonyl (C=O) groups excluding carboxylic acids is 3. The van der Waals surface area contributed by atoms with Crippen LogP contribution in [0.5, 0.6) is 0 Å². The summed E-state index contributed by atoms with van der Waals surface area (Å²) >= 11 is 0. The van der Waals surface area contributed by atoms with E-state index in [1.807, 2.05) is 38.1 Å². The molecule has 2 aromatic rings. The summed E-state index contributed by atoms with van der Waals surface area (Å²) in [7, 11) is 0. The third-order valence-corrected chi connectivity index (χ3v) is 5.54. The van der Waals surface area contributed by atoms with Crippen molar-refractivity contribution in [2.75, 3.05) is 6.54 Å². The number of nitrogens with one attached hydrogen (secondary N) is 3. The first kappa shape index (κ1) is 21.6. The standard InChI is InChI=1S/C23H28N4O3/c1-14(2)9-17(12-21(28)20-11-15-5-3-4-6-19(15)27-20)23(30)26-18(13-24)10-16-7-8-25-22(16)29/h3-6,11,14,16-18,27H,7-10,12H2,1-2H3,(H,25,29)(H,26,30)/t16-,17+,18-/m0/s1. The molecule has 158 valence electrons. The molecule has 1 fully saturated rings. The molecule has 1 aliphatic heterocycles. The monoisotopic (exact) mass is 408 g/mol. The number of nitrogens with zero attached hydrogens (tertiary/aromatic N) is 1. The Morgan fingerprint density at radius 2 is 2.07 bits per heavy atom. The Hall–Kier alpha value is -3.14. The van der Waals surface area contributed by atoms with Crippen LogP contribution in [0.4, 0.5) is 0 Å². The van der Waals surface area contributed by atoms with Gasteiger partial charge in [-0.25, -0.2) is 0 Å². The van der Waals surface area contributed by atoms with Crippen LogP contribution in [0, 0.1) is 29.1 Å². The second kappa shape index (κ2) is 9.57. The third-order valence-electron chi connectivity index (χ3n) is 5.54. The van der Waals surface area contributed by atoms with Crippen LogP contribution in [0.15, 0.2) is 30.3 Å². The Kier molecular flexibility index (Phi) is 6.88. The number of aromatic amines is 1. The molecule has 0 radical (unpaired) electrons. The van der Waals surface area contributed by atoms with Gasteiger partial charge in [0.25, 0.3) is 0 Å². The highest BCUT2D eigenvalue weighted by molar-refractivity contribution is 6.01. The summed E-state index contributed by atoms with van der Waals surface area (Å²) in [6.07, 6.45) is 1.57. The zero-order chi connectivity index (χ0) is 21.7. The van der Waals surface area contributed by atoms with E-state index >= 15 is 0 Å². The number of ketones is 1. The zero-order valence-electron chi connectivity index (χ0n) is 17.4. The van der Waals surface area contributed by atoms with Crippen molar-refractivity contribution in [3.05, 3.63) is 36.0 Å². The largest absolute Gasteiger partial charge is 0.356 e. The number of Topliss-reactive ketones (excluding diaryl/α,β-unsaturated/α-hetero) is 1. The Morgan fingerprint density at radius 1 is 1.30 bits per heavy atom. The predicted octanol–water partition coefficient (Wildman–Crippen LogP) is 2.94. The summed E-state index contributed by atoms with van der Waals surface area (Å²) in [5, 5.41) is 15.9. The molecular weight excluding hydrogens is 380 g/mol. The van der Waals surface area contributed by atoms with Crippen molar-refractivity contribution in [1.82, 2.24) is 15.6 Å². The molecular formula is C23H28N4O3. The molecule has 0 saturated carbocycles. The fourth-order valence-electron chi connectivity index (χ4n) is 4.00. The first-order valence-corrected chi connectivity index (χ1v) is 10.5. The zero-order valence-corrected chi connectivity index (χ0v) is 17.4. The molecule has 1 aromatic heterocycles. The van der Waals surface area contributed by atoms with Crippen LogP contribution < -0.4 is 10.6 Å². The molecule has 0 unspecified atom stereocenters. The van der Waals surface area contributed by atoms with Gasteiger partial charge in [-0.1, -0.05) is 32.0 Å². The number of H-pyrrole nitrogens is 1. The molecule has 3 atom stereocenters. The lowest BCUT2D eigenvalue weighted by molar-refractivity contribution is -0.127. The van der Waals surface area contributed by atoms with Gasteiger partial charge in [-0.05, 0) is 37.3 Å². The van der Waals surface area contributed by atoms with Gasteiger partial charge in [0, 0.05) is 35.7 Å². The molecule has 0 spiro atoms. The number of amides is 2. The molecule has 3 N–H and O–H groups in total. The van der Waals surface area contributed by atoms with E-state index in [4.69, 9.17) is 0 Å². The fraction of sp³-hybridized carbons (Fsp3) is 0.478. The molecule has 2 amide bonds. The smallest absolute Gasteiger partial charge is 0.224 e. The van der Waals surface area contributed by atoms with Crippen LogP contribution >= 0.6 is 0 Å². The van der Waals surface area contributed by atoms with Crippen molar-refractivity contribution >= 4 is 28.5 Å². The summed E-state index contributed by atoms with van der Waals surface area (Å²) in [5.74, 6) is -1.08. The average molecular weight is 409 g/mol. The number of hydrogen-bond acceptors (Lipinski definition) is 4. The summed E-state index contributed by atoms with van der Waals surface area (Å²) in [6.45, 7) is 4.60. The van der Waals surface area contributed by atoms with Crippen LogP contribution in [0.2, 0.25) is 0 Å². The Bertz CT molecular complexity index is 939. The highest BCUT2D eigenvalue weighted by Crippen LogP contribution is 2.22. The molecule has 1 saturated heterocycles. The van der Waals surface area contributed by atoms with E-state index < -0.39 is 12.0 Å². The van der Waals surface area contributed by atoms with E-state index in [0.717, 1.165) is 10.9 Å². The molecule has 7 nitrogen and oxygen atoms in total. The molecule has 1 aromatic carbocycles. The molecule has 2 heterocycles. The van der Waals surface area contributed by atoms with Gasteiger partial charge in [0.1, 0.15) is 6.04 Å². The van der Waals surface area contributed by atoms with Crippen LogP contribution in [0.3, 0.4) is 0 Å². The molecule has 0 bridgehead atoms. The molecule has 3 rings (SSSR count). The van der Waals surface area contributed by atoms with Gasteiger partial charge >= 0.3 is 0 Å². The highest BCUT2D eigenvalue weighted by atomic mass is 16.2. The number of hydrogen-bond donors (Lipinski definition) is 3. The van der Waals surface area contributed by atoms with Crippen LogP contribution in [-0.2, 0) is 9.59 Å². The van der Waals surface area contributed by atoms with Crippen molar-refractivity contribution in [2.24, 2.45) is 17.8 Å². The third kappa shape index (κ3) is 5.26. The van der Waals surface area contributed by atoms with Crippen LogP contribution in [-0.4, -0.2) is 35.2 Å². The quantitative estimate of drug-likeness (QED) is 0.553. The van der Waals surface area contributed by atoms with Crippen LogP contribution in [0.1, 0.15) is 50.0 Å². The van der Waals surface area contributed by atoms with Crippen molar-refractivity contribution in [1.29, 1.82) is 5.26 Å². The lowest BCUT2D eigenvalue weighted by Gasteiger charge is -2.21. The predicted molar refractivity (Wildman–Crippen MR) is 113 cm³/mol. The number of rotatable bonds is 9. The Morgan fingerprint density at radius 3 is 2.70 bits per heavy atom. The van der Waals surface area contributed by atoms with Gasteiger partial charge in [0.15, 0.2) is 5.78 Å². The minimum atomic E-state index is -0.746. The van der Waals surface area contributed by atoms with Crippen molar-refractivity contribution in [3.63, 3.8) is 0 Å². The Labute approximate surface area is 176 Å². The van der Waals surface area contributed by atoms with E-state index in [1.165, 1.54) is 0 Å². The van der Waals surface area contributed by atoms with Crippen molar-refractivity contribution in [3.8, 4) is 6.07 Å². The van der Waals surface area contributed by atoms with E-state index in [2.05, 4.69) is 21.7 Å². The van der Waals surface area contributed by atoms with Gasteiger partial charge in [-0.2, -0.15) is 5.26 Å². The molecule has 1 aliphatic rings. The molecule has 7 heteroatoms. The maximum atomic E-state index is 12.9. The topological polar surface area (TPSA) is 115 Å². The van der Waals surface area contributed by atoms with Crippen LogP contribution in [0.25, 0.3) is 10.9 Å². The maximum absolute atomic E-state index is 12.9. The highest BCUT2D eigenvalue weighted by Gasteiger charge is 2.30. The van der Waals surface area contributed by atoms with E-state index in [0.29, 0.717) is 31.5 Å². The van der Waals surface area contributed by atoms with Gasteiger partial charge in [-0.3, -0.25) is 14.4 Å². The fourth-order valence-corrected chi connectivity index (χ4v) is 4.00. The number of para-hydroxylation sites is 1. The lowest BCUT2D eigenvalue weighted by Crippen LogP contribution is -2.41. The Balaban J connectivity index is 1.67. The number of aromatic nitrogens is 1. The van der Waals surface area contributed by atoms with Gasteiger partial charge in [-0.15, -0.1) is 0 Å². The first-order chi connectivity index (χ1) is 14.4. The van der Waals surface area contributed by atoms with Gasteiger partial charge in [0.05, 0.1) is 11.8 Å². The summed E-state index contributed by atoms with van der Waals surface area (Å²) in [4.78, 5) is 40.7. The van der Waals surface area contributed by atoms with Gasteiger partial charge < -0.3 is 15.6 Å². The molecule has 30 heavy (non-hydrogen) atoms. The van der Waals surface area contributed by atoms with Gasteiger partial charge in [0.2, 0.25) is 11.8 Å². The SMILES string of the molecule is CC(C)C[C@H](CC(=O)c1cc2ccccc2[nH]1)C(=O)N[C@H](C#N)C[C@@H]1CCNC1=O. The molecule has 0 aliphatic carbocycles. The lowest BCUT2D eigenvalue weighted by atomic mass is 9.90. The second-order valence-electron chi connectivity index (χ2n) is 8.43. The average Bonchev–Trinajstić information content (AvgIpc) is 3.32. The summed E-state index contributed by atoms with van der Waals surface area (Å²) in [5.41, 5.74) is 1.36. The summed E-state index contributed by atoms with van der Waals surface area (Å²) < 4.78 is 0. The normalized spacial score (nSPS) is 18.1. The second-order valence-corrected chi connectivity index (χ2v) is 8.43. The minimum Gasteiger partial charge on any atom is -0.356 e. The number of nitriles is 1. The maximum Gasteiger partial charge on any atom is 0.224 e. The van der Waals surface area contributed by atoms with Crippen molar-refractivity contribution in [2.45, 2.75) is 45.6 Å². The number of carbonyl (C=O) groups is 3. The van der Waals surface area contributed by atoms with E-state index in [9.17, 15) is 19.6 Å².